The predicted molar refractivity (Wildman–Crippen MR) is 130 cm³/mol. The van der Waals surface area contributed by atoms with E-state index in [0.29, 0.717) is 5.54 Å². The second-order valence-electron chi connectivity index (χ2n) is 9.80. The summed E-state index contributed by atoms with van der Waals surface area (Å²) in [5.41, 5.74) is 5.23. The van der Waals surface area contributed by atoms with Crippen molar-refractivity contribution in [2.24, 2.45) is 11.3 Å². The average Bonchev–Trinajstić information content (AvgIpc) is 2.85. The van der Waals surface area contributed by atoms with E-state index in [9.17, 15) is 4.79 Å². The van der Waals surface area contributed by atoms with Crippen molar-refractivity contribution < 1.29 is 4.79 Å². The molecule has 0 N–H and O–H groups in total. The Bertz CT molecular complexity index is 655. The standard InChI is InChI=1S/C24H41Cl2NOSi/c1-17-18(2)20(4)22(19(17)3)24(23(28)27(25)26)16-14-12-10-8-7-9-11-13-15-21(24)29(5)6/h19,21,29H,7-16H2,1-6H3. The minimum atomic E-state index is -1.15. The van der Waals surface area contributed by atoms with E-state index in [0.717, 1.165) is 23.2 Å². The second-order valence-corrected chi connectivity index (χ2v) is 13.9. The van der Waals surface area contributed by atoms with Gasteiger partial charge >= 0.3 is 0 Å². The van der Waals surface area contributed by atoms with Gasteiger partial charge in [0, 0.05) is 32.4 Å². The fourth-order valence-electron chi connectivity index (χ4n) is 6.11. The SMILES string of the molecule is CC1=C(C)C(C)C(C2(C(=O)N(Cl)Cl)CCCCCCCCCCC2[SiH](C)C)=C1C. The van der Waals surface area contributed by atoms with Gasteiger partial charge < -0.3 is 0 Å². The van der Waals surface area contributed by atoms with Crippen molar-refractivity contribution in [3.63, 3.8) is 0 Å². The van der Waals surface area contributed by atoms with Gasteiger partial charge in [0.2, 0.25) is 0 Å². The molecule has 0 aliphatic heterocycles. The van der Waals surface area contributed by atoms with E-state index in [1.54, 1.807) is 0 Å². The molecule has 0 saturated heterocycles. The van der Waals surface area contributed by atoms with Gasteiger partial charge in [-0.15, -0.1) is 0 Å². The molecular formula is C24H41Cl2NOSi. The lowest BCUT2D eigenvalue weighted by molar-refractivity contribution is -0.133. The van der Waals surface area contributed by atoms with Crippen molar-refractivity contribution in [1.82, 2.24) is 3.94 Å². The molecule has 166 valence electrons. The van der Waals surface area contributed by atoms with Crippen molar-refractivity contribution in [3.8, 4) is 0 Å². The first-order valence-corrected chi connectivity index (χ1v) is 15.4. The van der Waals surface area contributed by atoms with Crippen molar-refractivity contribution in [2.45, 2.75) is 111 Å². The number of rotatable bonds is 3. The average molecular weight is 459 g/mol. The maximum absolute atomic E-state index is 13.9. The number of carbonyl (C=O) groups is 1. The Morgan fingerprint density at radius 3 is 1.90 bits per heavy atom. The molecule has 0 bridgehead atoms. The number of nitrogens with zero attached hydrogens (tertiary/aromatic N) is 1. The lowest BCUT2D eigenvalue weighted by Crippen LogP contribution is -2.47. The maximum Gasteiger partial charge on any atom is 0.262 e. The molecule has 0 heterocycles. The summed E-state index contributed by atoms with van der Waals surface area (Å²) >= 11 is 12.4. The van der Waals surface area contributed by atoms with E-state index in [1.807, 2.05) is 0 Å². The zero-order valence-corrected chi connectivity index (χ0v) is 22.1. The van der Waals surface area contributed by atoms with E-state index in [-0.39, 0.29) is 11.8 Å². The number of halogens is 2. The molecular weight excluding hydrogens is 417 g/mol. The highest BCUT2D eigenvalue weighted by Gasteiger charge is 2.53. The van der Waals surface area contributed by atoms with E-state index >= 15 is 0 Å². The highest BCUT2D eigenvalue weighted by molar-refractivity contribution is 6.58. The van der Waals surface area contributed by atoms with Gasteiger partial charge in [-0.3, -0.25) is 4.79 Å². The van der Waals surface area contributed by atoms with E-state index in [2.05, 4.69) is 40.8 Å². The molecule has 2 rings (SSSR count). The molecule has 2 aliphatic rings. The summed E-state index contributed by atoms with van der Waals surface area (Å²) < 4.78 is 0.867. The Hall–Kier alpha value is -0.253. The molecule has 3 unspecified atom stereocenters. The molecule has 3 atom stereocenters. The number of allylic oxidation sites excluding steroid dienone is 3. The van der Waals surface area contributed by atoms with Crippen molar-refractivity contribution in [2.75, 3.05) is 0 Å². The van der Waals surface area contributed by atoms with Crippen LogP contribution in [0.4, 0.5) is 0 Å². The summed E-state index contributed by atoms with van der Waals surface area (Å²) in [7, 11) is -1.15. The van der Waals surface area contributed by atoms with Gasteiger partial charge in [-0.05, 0) is 55.4 Å². The summed E-state index contributed by atoms with van der Waals surface area (Å²) in [5, 5.41) is 0. The minimum Gasteiger partial charge on any atom is -0.271 e. The first-order valence-electron chi connectivity index (χ1n) is 11.7. The molecule has 1 saturated carbocycles. The van der Waals surface area contributed by atoms with E-state index < -0.39 is 14.2 Å². The molecule has 29 heavy (non-hydrogen) atoms. The highest BCUT2D eigenvalue weighted by atomic mass is 35.5. The first kappa shape index (κ1) is 25.0. The molecule has 0 aromatic heterocycles. The highest BCUT2D eigenvalue weighted by Crippen LogP contribution is 2.57. The Labute approximate surface area is 190 Å². The van der Waals surface area contributed by atoms with Crippen LogP contribution >= 0.6 is 23.6 Å². The van der Waals surface area contributed by atoms with E-state index in [4.69, 9.17) is 23.6 Å². The smallest absolute Gasteiger partial charge is 0.262 e. The Morgan fingerprint density at radius 2 is 1.45 bits per heavy atom. The van der Waals surface area contributed by atoms with Gasteiger partial charge in [0.05, 0.1) is 5.41 Å². The van der Waals surface area contributed by atoms with Gasteiger partial charge in [-0.25, -0.2) is 0 Å². The first-order chi connectivity index (χ1) is 13.7. The van der Waals surface area contributed by atoms with Crippen LogP contribution in [0.25, 0.3) is 0 Å². The topological polar surface area (TPSA) is 20.3 Å². The van der Waals surface area contributed by atoms with Crippen LogP contribution in [-0.2, 0) is 4.79 Å². The van der Waals surface area contributed by atoms with Gasteiger partial charge in [0.25, 0.3) is 5.91 Å². The number of carbonyl (C=O) groups excluding carboxylic acids is 1. The Morgan fingerprint density at radius 1 is 0.931 bits per heavy atom. The maximum atomic E-state index is 13.9. The normalized spacial score (nSPS) is 30.4. The van der Waals surface area contributed by atoms with Crippen LogP contribution in [0, 0.1) is 11.3 Å². The molecule has 0 spiro atoms. The van der Waals surface area contributed by atoms with Crippen LogP contribution in [0.2, 0.25) is 18.6 Å². The van der Waals surface area contributed by atoms with Gasteiger partial charge in [0.15, 0.2) is 0 Å². The summed E-state index contributed by atoms with van der Waals surface area (Å²) in [6.07, 6.45) is 12.0. The fourth-order valence-corrected chi connectivity index (χ4v) is 8.94. The van der Waals surface area contributed by atoms with Crippen LogP contribution in [0.3, 0.4) is 0 Å². The summed E-state index contributed by atoms with van der Waals surface area (Å²) in [6, 6.07) is 0. The molecule has 0 aromatic carbocycles. The lowest BCUT2D eigenvalue weighted by Gasteiger charge is -2.45. The number of amides is 1. The van der Waals surface area contributed by atoms with Crippen LogP contribution in [-0.4, -0.2) is 18.6 Å². The van der Waals surface area contributed by atoms with Crippen LogP contribution in [0.15, 0.2) is 22.3 Å². The molecule has 0 aromatic rings. The van der Waals surface area contributed by atoms with Crippen LogP contribution in [0.5, 0.6) is 0 Å². The zero-order chi connectivity index (χ0) is 21.8. The zero-order valence-electron chi connectivity index (χ0n) is 19.4. The summed E-state index contributed by atoms with van der Waals surface area (Å²) in [6.45, 7) is 13.8. The van der Waals surface area contributed by atoms with Crippen molar-refractivity contribution in [1.29, 1.82) is 0 Å². The third kappa shape index (κ3) is 5.15. The molecule has 1 fully saturated rings. The van der Waals surface area contributed by atoms with Gasteiger partial charge in [-0.1, -0.05) is 83.4 Å². The molecule has 2 aliphatic carbocycles. The van der Waals surface area contributed by atoms with Crippen molar-refractivity contribution >= 4 is 38.3 Å². The molecule has 5 heteroatoms. The molecule has 0 radical (unpaired) electrons. The predicted octanol–water partition coefficient (Wildman–Crippen LogP) is 8.18. The molecule has 2 nitrogen and oxygen atoms in total. The molecule has 1 amide bonds. The number of hydrogen-bond donors (Lipinski definition) is 0. The summed E-state index contributed by atoms with van der Waals surface area (Å²) in [5.74, 6) is 0.211. The van der Waals surface area contributed by atoms with Crippen LogP contribution < -0.4 is 0 Å². The third-order valence-corrected chi connectivity index (χ3v) is 10.7. The van der Waals surface area contributed by atoms with Gasteiger partial charge in [0.1, 0.15) is 0 Å². The monoisotopic (exact) mass is 457 g/mol. The fraction of sp³-hybridized carbons (Fsp3) is 0.792. The Kier molecular flexibility index (Phi) is 9.37. The van der Waals surface area contributed by atoms with Gasteiger partial charge in [-0.2, -0.15) is 3.94 Å². The van der Waals surface area contributed by atoms with Crippen molar-refractivity contribution in [3.05, 3.63) is 22.3 Å². The summed E-state index contributed by atoms with van der Waals surface area (Å²) in [4.78, 5) is 13.9. The third-order valence-electron chi connectivity index (χ3n) is 7.93. The van der Waals surface area contributed by atoms with E-state index in [1.165, 1.54) is 67.2 Å². The largest absolute Gasteiger partial charge is 0.271 e. The quantitative estimate of drug-likeness (QED) is 0.308. The van der Waals surface area contributed by atoms with Crippen LogP contribution in [0.1, 0.15) is 91.9 Å². The lowest BCUT2D eigenvalue weighted by atomic mass is 9.66. The minimum absolute atomic E-state index is 0.0761. The number of hydrogen-bond acceptors (Lipinski definition) is 1. The Balaban J connectivity index is 2.65. The second kappa shape index (κ2) is 10.9.